The average Bonchev–Trinajstić information content (AvgIpc) is 3.04. The van der Waals surface area contributed by atoms with E-state index < -0.39 is 0 Å². The second-order valence-corrected chi connectivity index (χ2v) is 7.99. The van der Waals surface area contributed by atoms with E-state index in [1.165, 1.54) is 16.8 Å². The molecule has 4 rings (SSSR count). The van der Waals surface area contributed by atoms with Crippen LogP contribution in [0, 0.1) is 5.92 Å². The van der Waals surface area contributed by atoms with E-state index in [0.29, 0.717) is 22.8 Å². The zero-order valence-corrected chi connectivity index (χ0v) is 15.4. The smallest absolute Gasteiger partial charge is 0.0568 e. The molecule has 0 spiro atoms. The Labute approximate surface area is 153 Å². The van der Waals surface area contributed by atoms with Crippen LogP contribution in [0.4, 0.5) is 5.69 Å². The van der Waals surface area contributed by atoms with Crippen molar-refractivity contribution < 1.29 is 0 Å². The van der Waals surface area contributed by atoms with E-state index in [-0.39, 0.29) is 6.04 Å². The average molecular weight is 358 g/mol. The molecule has 1 nitrogen and oxygen atoms in total. The van der Waals surface area contributed by atoms with Gasteiger partial charge in [0.2, 0.25) is 0 Å². The predicted molar refractivity (Wildman–Crippen MR) is 103 cm³/mol. The van der Waals surface area contributed by atoms with Gasteiger partial charge in [-0.3, -0.25) is 0 Å². The molecule has 0 unspecified atom stereocenters. The van der Waals surface area contributed by atoms with Crippen molar-refractivity contribution in [2.45, 2.75) is 38.1 Å². The second-order valence-electron chi connectivity index (χ2n) is 7.14. The standard InChI is InChI=1S/C21H21Cl2N/c1-12(2)13-6-9-20-18(10-13)15-4-3-5-16(15)21(24-20)17-8-7-14(22)11-19(17)23/h3-4,6-12,15-16,21,24H,5H2,1-2H3/t15-,16+,21-/m1/s1. The van der Waals surface area contributed by atoms with Crippen molar-refractivity contribution in [1.82, 2.24) is 0 Å². The van der Waals surface area contributed by atoms with Crippen molar-refractivity contribution >= 4 is 28.9 Å². The van der Waals surface area contributed by atoms with Crippen LogP contribution in [0.2, 0.25) is 10.0 Å². The molecule has 2 aliphatic rings. The highest BCUT2D eigenvalue weighted by molar-refractivity contribution is 6.35. The summed E-state index contributed by atoms with van der Waals surface area (Å²) >= 11 is 12.6. The monoisotopic (exact) mass is 357 g/mol. The van der Waals surface area contributed by atoms with Crippen LogP contribution in [0.1, 0.15) is 54.8 Å². The van der Waals surface area contributed by atoms with Crippen LogP contribution in [-0.4, -0.2) is 0 Å². The number of hydrogen-bond acceptors (Lipinski definition) is 1. The Bertz CT molecular complexity index is 809. The van der Waals surface area contributed by atoms with Gasteiger partial charge < -0.3 is 5.32 Å². The Kier molecular flexibility index (Phi) is 4.10. The van der Waals surface area contributed by atoms with Crippen LogP contribution in [0.5, 0.6) is 0 Å². The summed E-state index contributed by atoms with van der Waals surface area (Å²) in [6, 6.07) is 12.9. The van der Waals surface area contributed by atoms with Crippen LogP contribution in [0.15, 0.2) is 48.6 Å². The number of nitrogens with one attached hydrogen (secondary N) is 1. The molecule has 0 saturated carbocycles. The molecule has 2 aromatic carbocycles. The van der Waals surface area contributed by atoms with Crippen LogP contribution >= 0.6 is 23.2 Å². The van der Waals surface area contributed by atoms with Gasteiger partial charge in [0.1, 0.15) is 0 Å². The molecule has 0 aromatic heterocycles. The summed E-state index contributed by atoms with van der Waals surface area (Å²) in [5, 5.41) is 5.17. The third-order valence-electron chi connectivity index (χ3n) is 5.35. The highest BCUT2D eigenvalue weighted by atomic mass is 35.5. The molecule has 0 bridgehead atoms. The molecule has 24 heavy (non-hydrogen) atoms. The molecule has 3 heteroatoms. The van der Waals surface area contributed by atoms with Gasteiger partial charge >= 0.3 is 0 Å². The summed E-state index contributed by atoms with van der Waals surface area (Å²) in [7, 11) is 0. The Hall–Kier alpha value is -1.44. The third kappa shape index (κ3) is 2.64. The zero-order valence-electron chi connectivity index (χ0n) is 13.9. The topological polar surface area (TPSA) is 12.0 Å². The molecular weight excluding hydrogens is 337 g/mol. The minimum Gasteiger partial charge on any atom is -0.378 e. The minimum absolute atomic E-state index is 0.215. The van der Waals surface area contributed by atoms with E-state index in [1.807, 2.05) is 12.1 Å². The molecule has 0 saturated heterocycles. The van der Waals surface area contributed by atoms with E-state index in [1.54, 1.807) is 0 Å². The number of rotatable bonds is 2. The van der Waals surface area contributed by atoms with E-state index in [9.17, 15) is 0 Å². The fourth-order valence-electron chi connectivity index (χ4n) is 4.03. The largest absolute Gasteiger partial charge is 0.378 e. The molecule has 1 aliphatic carbocycles. The Morgan fingerprint density at radius 1 is 1.04 bits per heavy atom. The summed E-state index contributed by atoms with van der Waals surface area (Å²) in [6.07, 6.45) is 5.75. The fourth-order valence-corrected chi connectivity index (χ4v) is 4.56. The molecule has 3 atom stereocenters. The van der Waals surface area contributed by atoms with Gasteiger partial charge in [-0.15, -0.1) is 0 Å². The minimum atomic E-state index is 0.215. The number of halogens is 2. The lowest BCUT2D eigenvalue weighted by Crippen LogP contribution is -2.29. The van der Waals surface area contributed by atoms with Crippen molar-refractivity contribution in [3.8, 4) is 0 Å². The van der Waals surface area contributed by atoms with Crippen LogP contribution < -0.4 is 5.32 Å². The van der Waals surface area contributed by atoms with E-state index >= 15 is 0 Å². The van der Waals surface area contributed by atoms with Crippen molar-refractivity contribution in [3.05, 3.63) is 75.3 Å². The highest BCUT2D eigenvalue weighted by Crippen LogP contribution is 2.51. The van der Waals surface area contributed by atoms with Gasteiger partial charge in [0, 0.05) is 21.7 Å². The summed E-state index contributed by atoms with van der Waals surface area (Å²) in [6.45, 7) is 4.49. The lowest BCUT2D eigenvalue weighted by Gasteiger charge is -2.38. The van der Waals surface area contributed by atoms with Gasteiger partial charge in [-0.1, -0.05) is 67.4 Å². The van der Waals surface area contributed by atoms with Gasteiger partial charge in [-0.05, 0) is 53.1 Å². The predicted octanol–water partition coefficient (Wildman–Crippen LogP) is 6.94. The number of allylic oxidation sites excluding steroid dienone is 2. The number of hydrogen-bond donors (Lipinski definition) is 1. The van der Waals surface area contributed by atoms with Gasteiger partial charge in [0.15, 0.2) is 0 Å². The first-order valence-electron chi connectivity index (χ1n) is 8.56. The number of anilines is 1. The van der Waals surface area contributed by atoms with Gasteiger partial charge in [-0.2, -0.15) is 0 Å². The number of benzene rings is 2. The SMILES string of the molecule is CC(C)c1ccc2c(c1)[C@@H]1C=CC[C@@H]1[C@H](c1ccc(Cl)cc1Cl)N2. The molecule has 0 fully saturated rings. The zero-order chi connectivity index (χ0) is 16.8. The molecule has 1 N–H and O–H groups in total. The van der Waals surface area contributed by atoms with Crippen molar-refractivity contribution in [2.75, 3.05) is 5.32 Å². The summed E-state index contributed by atoms with van der Waals surface area (Å²) in [5.41, 5.74) is 5.18. The van der Waals surface area contributed by atoms with Crippen LogP contribution in [0.3, 0.4) is 0 Å². The van der Waals surface area contributed by atoms with Gasteiger partial charge in [-0.25, -0.2) is 0 Å². The fraction of sp³-hybridized carbons (Fsp3) is 0.333. The van der Waals surface area contributed by atoms with Crippen molar-refractivity contribution in [2.24, 2.45) is 5.92 Å². The van der Waals surface area contributed by atoms with Crippen molar-refractivity contribution in [1.29, 1.82) is 0 Å². The van der Waals surface area contributed by atoms with E-state index in [0.717, 1.165) is 17.0 Å². The summed E-state index contributed by atoms with van der Waals surface area (Å²) in [5.74, 6) is 1.50. The third-order valence-corrected chi connectivity index (χ3v) is 5.91. The first-order valence-corrected chi connectivity index (χ1v) is 9.32. The normalized spacial score (nSPS) is 24.6. The molecule has 1 aliphatic heterocycles. The molecule has 0 radical (unpaired) electrons. The molecule has 2 aromatic rings. The van der Waals surface area contributed by atoms with Crippen LogP contribution in [0.25, 0.3) is 0 Å². The molecule has 1 heterocycles. The van der Waals surface area contributed by atoms with Crippen molar-refractivity contribution in [3.63, 3.8) is 0 Å². The molecule has 0 amide bonds. The maximum absolute atomic E-state index is 6.50. The highest BCUT2D eigenvalue weighted by Gasteiger charge is 2.38. The summed E-state index contributed by atoms with van der Waals surface area (Å²) < 4.78 is 0. The Morgan fingerprint density at radius 3 is 2.62 bits per heavy atom. The van der Waals surface area contributed by atoms with E-state index in [4.69, 9.17) is 23.2 Å². The lowest BCUT2D eigenvalue weighted by atomic mass is 9.76. The molecule has 124 valence electrons. The van der Waals surface area contributed by atoms with Gasteiger partial charge in [0.05, 0.1) is 6.04 Å². The Morgan fingerprint density at radius 2 is 1.88 bits per heavy atom. The maximum Gasteiger partial charge on any atom is 0.0568 e. The van der Waals surface area contributed by atoms with Crippen LogP contribution in [-0.2, 0) is 0 Å². The lowest BCUT2D eigenvalue weighted by molar-refractivity contribution is 0.425. The first-order chi connectivity index (χ1) is 11.5. The number of fused-ring (bicyclic) bond motifs is 3. The Balaban J connectivity index is 1.78. The van der Waals surface area contributed by atoms with Gasteiger partial charge in [0.25, 0.3) is 0 Å². The molecular formula is C21H21Cl2N. The van der Waals surface area contributed by atoms with E-state index in [2.05, 4.69) is 55.6 Å². The summed E-state index contributed by atoms with van der Waals surface area (Å²) in [4.78, 5) is 0. The first kappa shape index (κ1) is 16.1. The maximum atomic E-state index is 6.50. The second kappa shape index (κ2) is 6.13. The quantitative estimate of drug-likeness (QED) is 0.573.